The van der Waals surface area contributed by atoms with E-state index in [1.807, 2.05) is 0 Å². The second-order valence-corrected chi connectivity index (χ2v) is 5.09. The van der Waals surface area contributed by atoms with Crippen molar-refractivity contribution in [3.63, 3.8) is 0 Å². The number of hydrogen-bond donors (Lipinski definition) is 0. The highest BCUT2D eigenvalue weighted by Crippen LogP contribution is 2.18. The van der Waals surface area contributed by atoms with Crippen LogP contribution >= 0.6 is 0 Å². The first-order chi connectivity index (χ1) is 7.66. The second kappa shape index (κ2) is 4.84. The van der Waals surface area contributed by atoms with Crippen LogP contribution in [0.25, 0.3) is 11.6 Å². The fraction of sp³-hybridized carbons (Fsp3) is 0.467. The van der Waals surface area contributed by atoms with Gasteiger partial charge in [-0.15, -0.1) is 0 Å². The molecule has 0 amide bonds. The molecule has 0 bridgehead atoms. The van der Waals surface area contributed by atoms with Gasteiger partial charge in [-0.1, -0.05) is 35.9 Å². The van der Waals surface area contributed by atoms with Crippen molar-refractivity contribution in [2.24, 2.45) is 5.92 Å². The highest BCUT2D eigenvalue weighted by atomic mass is 15.0. The van der Waals surface area contributed by atoms with Crippen molar-refractivity contribution in [1.29, 1.82) is 0 Å². The van der Waals surface area contributed by atoms with E-state index in [0.29, 0.717) is 0 Å². The molecule has 1 aromatic carbocycles. The molecule has 1 nitrogen and oxygen atoms in total. The lowest BCUT2D eigenvalue weighted by Crippen LogP contribution is -2.31. The molecule has 1 aromatic rings. The Morgan fingerprint density at radius 3 is 2.75 bits per heavy atom. The predicted molar refractivity (Wildman–Crippen MR) is 70.5 cm³/mol. The average molecular weight is 215 g/mol. The maximum atomic E-state index is 2.45. The third-order valence-corrected chi connectivity index (χ3v) is 3.35. The zero-order chi connectivity index (χ0) is 11.5. The van der Waals surface area contributed by atoms with Crippen molar-refractivity contribution >= 4 is 11.6 Å². The molecule has 1 atom stereocenters. The van der Waals surface area contributed by atoms with E-state index in [0.717, 1.165) is 5.92 Å². The van der Waals surface area contributed by atoms with E-state index in [4.69, 9.17) is 0 Å². The largest absolute Gasteiger partial charge is 0.309 e. The van der Waals surface area contributed by atoms with Crippen LogP contribution in [0.3, 0.4) is 0 Å². The summed E-state index contributed by atoms with van der Waals surface area (Å²) < 4.78 is 0. The molecular weight excluding hydrogens is 194 g/mol. The number of benzene rings is 1. The van der Waals surface area contributed by atoms with Gasteiger partial charge in [-0.2, -0.15) is 0 Å². The van der Waals surface area contributed by atoms with Crippen LogP contribution in [0, 0.1) is 5.92 Å². The lowest BCUT2D eigenvalue weighted by Gasteiger charge is -2.19. The molecule has 0 spiro atoms. The third-order valence-electron chi connectivity index (χ3n) is 3.35. The maximum absolute atomic E-state index is 2.45. The Kier molecular flexibility index (Phi) is 3.45. The van der Waals surface area contributed by atoms with Gasteiger partial charge in [0.15, 0.2) is 0 Å². The lowest BCUT2D eigenvalue weighted by atomic mass is 9.89. The van der Waals surface area contributed by atoms with E-state index in [1.165, 1.54) is 29.8 Å². The average Bonchev–Trinajstić information content (AvgIpc) is 2.26. The Bertz CT molecular complexity index is 470. The molecule has 1 aliphatic rings. The Labute approximate surface area is 98.1 Å². The van der Waals surface area contributed by atoms with Crippen molar-refractivity contribution in [2.45, 2.75) is 19.8 Å². The smallest absolute Gasteiger partial charge is 0.00191 e. The van der Waals surface area contributed by atoms with Crippen LogP contribution in [0.1, 0.15) is 19.8 Å². The highest BCUT2D eigenvalue weighted by Gasteiger charge is 2.11. The predicted octanol–water partition coefficient (Wildman–Crippen LogP) is 1.61. The molecule has 16 heavy (non-hydrogen) atoms. The van der Waals surface area contributed by atoms with E-state index in [-0.39, 0.29) is 0 Å². The Morgan fingerprint density at radius 2 is 2.00 bits per heavy atom. The first-order valence-corrected chi connectivity index (χ1v) is 6.08. The number of hydrogen-bond acceptors (Lipinski definition) is 1. The van der Waals surface area contributed by atoms with Gasteiger partial charge in [0.25, 0.3) is 0 Å². The van der Waals surface area contributed by atoms with Crippen molar-refractivity contribution < 1.29 is 0 Å². The summed E-state index contributed by atoms with van der Waals surface area (Å²) in [4.78, 5) is 2.27. The summed E-state index contributed by atoms with van der Waals surface area (Å²) in [6, 6.07) is 8.75. The minimum Gasteiger partial charge on any atom is -0.309 e. The minimum atomic E-state index is 0.720. The molecule has 0 saturated carbocycles. The molecule has 86 valence electrons. The summed E-state index contributed by atoms with van der Waals surface area (Å²) in [5.74, 6) is 0.720. The molecule has 0 fully saturated rings. The topological polar surface area (TPSA) is 3.24 Å². The fourth-order valence-corrected chi connectivity index (χ4v) is 2.46. The van der Waals surface area contributed by atoms with Crippen LogP contribution in [0.15, 0.2) is 24.3 Å². The first kappa shape index (κ1) is 11.4. The number of rotatable bonds is 3. The first-order valence-electron chi connectivity index (χ1n) is 6.08. The van der Waals surface area contributed by atoms with E-state index in [9.17, 15) is 0 Å². The molecular formula is C15H21N. The monoisotopic (exact) mass is 215 g/mol. The zero-order valence-electron chi connectivity index (χ0n) is 10.5. The van der Waals surface area contributed by atoms with Gasteiger partial charge in [-0.05, 0) is 56.8 Å². The van der Waals surface area contributed by atoms with Crippen LogP contribution in [0.4, 0.5) is 0 Å². The molecule has 0 radical (unpaired) electrons. The van der Waals surface area contributed by atoms with Crippen LogP contribution in [-0.2, 0) is 0 Å². The van der Waals surface area contributed by atoms with Crippen molar-refractivity contribution in [2.75, 3.05) is 20.6 Å². The normalized spacial score (nSPS) is 19.5. The molecule has 0 heterocycles. The Hall–Kier alpha value is -1.08. The van der Waals surface area contributed by atoms with Crippen molar-refractivity contribution in [3.05, 3.63) is 34.7 Å². The molecule has 1 heteroatoms. The Balaban J connectivity index is 2.23. The minimum absolute atomic E-state index is 0.720. The van der Waals surface area contributed by atoms with E-state index < -0.39 is 0 Å². The summed E-state index contributed by atoms with van der Waals surface area (Å²) in [6.07, 6.45) is 4.94. The lowest BCUT2D eigenvalue weighted by molar-refractivity contribution is 0.378. The van der Waals surface area contributed by atoms with Crippen molar-refractivity contribution in [3.8, 4) is 0 Å². The number of nitrogens with zero attached hydrogens (tertiary/aromatic N) is 1. The second-order valence-electron chi connectivity index (χ2n) is 5.09. The van der Waals surface area contributed by atoms with Crippen LogP contribution in [0.2, 0.25) is 0 Å². The number of fused-ring (bicyclic) bond motifs is 1. The molecule has 2 rings (SSSR count). The van der Waals surface area contributed by atoms with E-state index in [1.54, 1.807) is 5.57 Å². The molecule has 0 N–H and O–H groups in total. The van der Waals surface area contributed by atoms with Crippen molar-refractivity contribution in [1.82, 2.24) is 4.90 Å². The van der Waals surface area contributed by atoms with Gasteiger partial charge in [-0.25, -0.2) is 0 Å². The molecule has 0 aromatic heterocycles. The van der Waals surface area contributed by atoms with Gasteiger partial charge in [0.1, 0.15) is 0 Å². The van der Waals surface area contributed by atoms with Gasteiger partial charge < -0.3 is 4.90 Å². The standard InChI is InChI=1S/C15H21N/c1-12-10-13(8-9-16(2)3)11-14-6-4-5-7-15(12)14/h4-7,11,13H,8-10H2,1-3H3. The summed E-state index contributed by atoms with van der Waals surface area (Å²) in [5.41, 5.74) is 1.54. The van der Waals surface area contributed by atoms with Gasteiger partial charge in [-0.3, -0.25) is 0 Å². The van der Waals surface area contributed by atoms with Gasteiger partial charge in [0, 0.05) is 0 Å². The molecule has 1 unspecified atom stereocenters. The Morgan fingerprint density at radius 1 is 1.25 bits per heavy atom. The summed E-state index contributed by atoms with van der Waals surface area (Å²) in [6.45, 7) is 3.45. The molecule has 0 saturated heterocycles. The van der Waals surface area contributed by atoms with Gasteiger partial charge in [0.05, 0.1) is 0 Å². The maximum Gasteiger partial charge on any atom is -0.00191 e. The van der Waals surface area contributed by atoms with Crippen LogP contribution in [-0.4, -0.2) is 25.5 Å². The molecule has 0 aliphatic heterocycles. The molecule has 1 aliphatic carbocycles. The quantitative estimate of drug-likeness (QED) is 0.740. The SMILES string of the molecule is CC1=c2ccccc2=CC(CCN(C)C)C1. The van der Waals surface area contributed by atoms with E-state index >= 15 is 0 Å². The zero-order valence-corrected chi connectivity index (χ0v) is 10.5. The summed E-state index contributed by atoms with van der Waals surface area (Å²) in [5, 5.41) is 2.87. The van der Waals surface area contributed by atoms with Gasteiger partial charge in [0.2, 0.25) is 0 Å². The third kappa shape index (κ3) is 2.53. The summed E-state index contributed by atoms with van der Waals surface area (Å²) in [7, 11) is 4.29. The summed E-state index contributed by atoms with van der Waals surface area (Å²) >= 11 is 0. The van der Waals surface area contributed by atoms with E-state index in [2.05, 4.69) is 56.3 Å². The fourth-order valence-electron chi connectivity index (χ4n) is 2.46. The van der Waals surface area contributed by atoms with Crippen LogP contribution in [0.5, 0.6) is 0 Å². The highest BCUT2D eigenvalue weighted by molar-refractivity contribution is 5.50. The van der Waals surface area contributed by atoms with Crippen LogP contribution < -0.4 is 10.4 Å². The van der Waals surface area contributed by atoms with Gasteiger partial charge >= 0.3 is 0 Å².